The van der Waals surface area contributed by atoms with E-state index in [1.807, 2.05) is 33.1 Å². The van der Waals surface area contributed by atoms with Crippen molar-refractivity contribution in [2.75, 3.05) is 12.0 Å². The van der Waals surface area contributed by atoms with Crippen LogP contribution in [0.5, 0.6) is 0 Å². The van der Waals surface area contributed by atoms with Gasteiger partial charge in [0, 0.05) is 23.4 Å². The van der Waals surface area contributed by atoms with Crippen molar-refractivity contribution >= 4 is 17.7 Å². The van der Waals surface area contributed by atoms with Crippen LogP contribution in [0.4, 0.5) is 0 Å². The Morgan fingerprint density at radius 1 is 1.27 bits per heavy atom. The fraction of sp³-hybridized carbons (Fsp3) is 0.381. The molecule has 0 radical (unpaired) electrons. The zero-order valence-corrected chi connectivity index (χ0v) is 18.3. The maximum atomic E-state index is 12.8. The largest absolute Gasteiger partial charge is 0.342 e. The number of H-pyrrole nitrogens is 2. The van der Waals surface area contributed by atoms with Crippen molar-refractivity contribution < 1.29 is 4.79 Å². The topological polar surface area (TPSA) is 116 Å². The van der Waals surface area contributed by atoms with Gasteiger partial charge in [-0.15, -0.1) is 0 Å². The Hall–Kier alpha value is -2.94. The second-order valence-electron chi connectivity index (χ2n) is 7.96. The maximum Gasteiger partial charge on any atom is 0.272 e. The van der Waals surface area contributed by atoms with Gasteiger partial charge in [0.15, 0.2) is 5.82 Å². The molecule has 0 aliphatic heterocycles. The number of pyridine rings is 1. The molecule has 0 saturated heterocycles. The average molecular weight is 427 g/mol. The molecule has 0 saturated carbocycles. The standard InChI is InChI=1S/C21H26N6O2S/c1-21(2,3)17-11-16(26-27-17)20(29)24-13(8-10-30-4)15-12-18(28)25-19(23-15)14-7-5-6-9-22-14/h5-7,9,11-13H,8,10H2,1-4H3,(H,24,29)(H,26,27)(H,23,25,28). The number of thioether (sulfide) groups is 1. The van der Waals surface area contributed by atoms with Crippen LogP contribution in [0.15, 0.2) is 41.3 Å². The number of carbonyl (C=O) groups is 1. The fourth-order valence-corrected chi connectivity index (χ4v) is 3.33. The van der Waals surface area contributed by atoms with E-state index < -0.39 is 6.04 Å². The van der Waals surface area contributed by atoms with Crippen molar-refractivity contribution in [3.63, 3.8) is 0 Å². The molecule has 3 heterocycles. The molecule has 30 heavy (non-hydrogen) atoms. The van der Waals surface area contributed by atoms with Gasteiger partial charge in [-0.1, -0.05) is 26.8 Å². The summed E-state index contributed by atoms with van der Waals surface area (Å²) >= 11 is 1.66. The zero-order valence-electron chi connectivity index (χ0n) is 17.5. The van der Waals surface area contributed by atoms with Gasteiger partial charge in [-0.3, -0.25) is 19.7 Å². The number of rotatable bonds is 7. The molecular formula is C21H26N6O2S. The molecule has 0 bridgehead atoms. The van der Waals surface area contributed by atoms with Crippen LogP contribution in [0.25, 0.3) is 11.5 Å². The van der Waals surface area contributed by atoms with Crippen molar-refractivity contribution in [1.82, 2.24) is 30.5 Å². The lowest BCUT2D eigenvalue weighted by Crippen LogP contribution is -2.31. The Bertz CT molecular complexity index is 1060. The van der Waals surface area contributed by atoms with Crippen molar-refractivity contribution in [3.05, 3.63) is 64.0 Å². The minimum Gasteiger partial charge on any atom is -0.342 e. The summed E-state index contributed by atoms with van der Waals surface area (Å²) in [7, 11) is 0. The minimum absolute atomic E-state index is 0.143. The molecule has 1 unspecified atom stereocenters. The third-order valence-electron chi connectivity index (χ3n) is 4.56. The molecular weight excluding hydrogens is 400 g/mol. The van der Waals surface area contributed by atoms with E-state index in [2.05, 4.69) is 30.5 Å². The van der Waals surface area contributed by atoms with E-state index in [1.54, 1.807) is 36.2 Å². The Labute approximate surface area is 179 Å². The molecule has 0 fully saturated rings. The van der Waals surface area contributed by atoms with Gasteiger partial charge in [-0.05, 0) is 36.6 Å². The number of hydrogen-bond donors (Lipinski definition) is 3. The molecule has 3 rings (SSSR count). The van der Waals surface area contributed by atoms with E-state index in [1.165, 1.54) is 6.07 Å². The van der Waals surface area contributed by atoms with Gasteiger partial charge in [0.2, 0.25) is 0 Å². The Morgan fingerprint density at radius 2 is 2.07 bits per heavy atom. The van der Waals surface area contributed by atoms with Crippen molar-refractivity contribution in [3.8, 4) is 11.5 Å². The Morgan fingerprint density at radius 3 is 2.70 bits per heavy atom. The first-order chi connectivity index (χ1) is 14.3. The molecule has 0 aliphatic rings. The highest BCUT2D eigenvalue weighted by atomic mass is 32.2. The van der Waals surface area contributed by atoms with Gasteiger partial charge in [0.1, 0.15) is 11.4 Å². The summed E-state index contributed by atoms with van der Waals surface area (Å²) in [6.07, 6.45) is 4.26. The second-order valence-corrected chi connectivity index (χ2v) is 8.94. The Kier molecular flexibility index (Phi) is 6.71. The number of nitrogens with zero attached hydrogens (tertiary/aromatic N) is 3. The molecule has 158 valence electrons. The molecule has 3 aromatic heterocycles. The van der Waals surface area contributed by atoms with Gasteiger partial charge in [-0.2, -0.15) is 16.9 Å². The monoisotopic (exact) mass is 426 g/mol. The lowest BCUT2D eigenvalue weighted by Gasteiger charge is -2.18. The first-order valence-corrected chi connectivity index (χ1v) is 11.1. The predicted molar refractivity (Wildman–Crippen MR) is 119 cm³/mol. The van der Waals surface area contributed by atoms with Crippen LogP contribution in [-0.2, 0) is 5.41 Å². The predicted octanol–water partition coefficient (Wildman–Crippen LogP) is 3.08. The van der Waals surface area contributed by atoms with Gasteiger partial charge < -0.3 is 10.3 Å². The van der Waals surface area contributed by atoms with E-state index in [9.17, 15) is 9.59 Å². The minimum atomic E-state index is -0.426. The van der Waals surface area contributed by atoms with Crippen LogP contribution in [0.2, 0.25) is 0 Å². The molecule has 0 aliphatic carbocycles. The Balaban J connectivity index is 1.89. The summed E-state index contributed by atoms with van der Waals surface area (Å²) in [5.74, 6) is 0.859. The fourth-order valence-electron chi connectivity index (χ4n) is 2.86. The highest BCUT2D eigenvalue weighted by molar-refractivity contribution is 7.98. The number of aromatic nitrogens is 5. The van der Waals surface area contributed by atoms with Crippen molar-refractivity contribution in [2.45, 2.75) is 38.6 Å². The number of carbonyl (C=O) groups excluding carboxylic acids is 1. The third kappa shape index (κ3) is 5.35. The highest BCUT2D eigenvalue weighted by Crippen LogP contribution is 2.22. The summed E-state index contributed by atoms with van der Waals surface area (Å²) in [4.78, 5) is 36.7. The third-order valence-corrected chi connectivity index (χ3v) is 5.20. The normalized spacial score (nSPS) is 12.5. The quantitative estimate of drug-likeness (QED) is 0.535. The van der Waals surface area contributed by atoms with Gasteiger partial charge in [0.25, 0.3) is 11.5 Å². The van der Waals surface area contributed by atoms with Crippen LogP contribution in [0.1, 0.15) is 55.1 Å². The number of amides is 1. The molecule has 8 nitrogen and oxygen atoms in total. The first kappa shape index (κ1) is 21.8. The lowest BCUT2D eigenvalue weighted by atomic mass is 9.92. The summed E-state index contributed by atoms with van der Waals surface area (Å²) in [5, 5.41) is 10.1. The van der Waals surface area contributed by atoms with Gasteiger partial charge in [0.05, 0.1) is 11.7 Å². The second kappa shape index (κ2) is 9.25. The lowest BCUT2D eigenvalue weighted by molar-refractivity contribution is 0.0930. The highest BCUT2D eigenvalue weighted by Gasteiger charge is 2.23. The molecule has 3 N–H and O–H groups in total. The van der Waals surface area contributed by atoms with Crippen LogP contribution >= 0.6 is 11.8 Å². The van der Waals surface area contributed by atoms with Gasteiger partial charge in [-0.25, -0.2) is 4.98 Å². The summed E-state index contributed by atoms with van der Waals surface area (Å²) < 4.78 is 0. The van der Waals surface area contributed by atoms with E-state index in [4.69, 9.17) is 0 Å². The molecule has 0 aromatic carbocycles. The van der Waals surface area contributed by atoms with E-state index in [0.29, 0.717) is 29.3 Å². The van der Waals surface area contributed by atoms with E-state index >= 15 is 0 Å². The molecule has 1 amide bonds. The average Bonchev–Trinajstić information content (AvgIpc) is 3.22. The van der Waals surface area contributed by atoms with Crippen molar-refractivity contribution in [2.24, 2.45) is 0 Å². The zero-order chi connectivity index (χ0) is 21.7. The van der Waals surface area contributed by atoms with Crippen LogP contribution in [0.3, 0.4) is 0 Å². The first-order valence-electron chi connectivity index (χ1n) is 9.66. The molecule has 0 spiro atoms. The van der Waals surface area contributed by atoms with Crippen LogP contribution in [0, 0.1) is 0 Å². The van der Waals surface area contributed by atoms with Crippen LogP contribution < -0.4 is 10.9 Å². The SMILES string of the molecule is CSCCC(NC(=O)c1cc(C(C)(C)C)[nH]n1)c1cc(=O)[nH]c(-c2ccccn2)n1. The molecule has 9 heteroatoms. The van der Waals surface area contributed by atoms with Crippen LogP contribution in [-0.4, -0.2) is 43.1 Å². The van der Waals surface area contributed by atoms with E-state index in [0.717, 1.165) is 11.4 Å². The summed E-state index contributed by atoms with van der Waals surface area (Å²) in [6.45, 7) is 6.13. The molecule has 3 aromatic rings. The van der Waals surface area contributed by atoms with Gasteiger partial charge >= 0.3 is 0 Å². The number of nitrogens with one attached hydrogen (secondary N) is 3. The molecule has 1 atom stereocenters. The number of hydrogen-bond acceptors (Lipinski definition) is 6. The number of aromatic amines is 2. The maximum absolute atomic E-state index is 12.8. The summed E-state index contributed by atoms with van der Waals surface area (Å²) in [5.41, 5.74) is 1.81. The smallest absolute Gasteiger partial charge is 0.272 e. The summed E-state index contributed by atoms with van der Waals surface area (Å²) in [6, 6.07) is 8.14. The van der Waals surface area contributed by atoms with E-state index in [-0.39, 0.29) is 16.9 Å². The van der Waals surface area contributed by atoms with Crippen molar-refractivity contribution in [1.29, 1.82) is 0 Å².